The van der Waals surface area contributed by atoms with Gasteiger partial charge in [-0.15, -0.1) is 10.2 Å². The Kier molecular flexibility index (Phi) is 6.82. The smallest absolute Gasteiger partial charge is 0.196 e. The summed E-state index contributed by atoms with van der Waals surface area (Å²) in [6.45, 7) is 0. The van der Waals surface area contributed by atoms with Crippen LogP contribution in [0.4, 0.5) is 8.78 Å². The zero-order chi connectivity index (χ0) is 22.0. The van der Waals surface area contributed by atoms with Crippen LogP contribution < -0.4 is 0 Å². The maximum Gasteiger partial charge on any atom is 0.196 e. The summed E-state index contributed by atoms with van der Waals surface area (Å²) in [7, 11) is 0. The highest BCUT2D eigenvalue weighted by molar-refractivity contribution is 7.98. The fourth-order valence-electron chi connectivity index (χ4n) is 2.97. The van der Waals surface area contributed by atoms with Crippen LogP contribution in [-0.2, 0) is 12.2 Å². The van der Waals surface area contributed by atoms with Gasteiger partial charge in [-0.05, 0) is 59.7 Å². The molecule has 0 amide bonds. The predicted octanol–water partition coefficient (Wildman–Crippen LogP) is 7.39. The van der Waals surface area contributed by atoms with Crippen molar-refractivity contribution in [1.82, 2.24) is 14.8 Å². The molecule has 0 N–H and O–H groups in total. The molecule has 0 bridgehead atoms. The lowest BCUT2D eigenvalue weighted by atomic mass is 10.1. The van der Waals surface area contributed by atoms with Gasteiger partial charge in [-0.1, -0.05) is 58.7 Å². The van der Waals surface area contributed by atoms with Gasteiger partial charge in [0.05, 0.1) is 15.1 Å². The third kappa shape index (κ3) is 5.21. The molecular formula is C22H14Cl3F2N3S. The lowest BCUT2D eigenvalue weighted by Crippen LogP contribution is -2.04. The van der Waals surface area contributed by atoms with Gasteiger partial charge in [0.15, 0.2) is 5.16 Å². The van der Waals surface area contributed by atoms with Crippen molar-refractivity contribution < 1.29 is 8.78 Å². The first-order valence-electron chi connectivity index (χ1n) is 9.11. The van der Waals surface area contributed by atoms with Crippen molar-refractivity contribution in [3.63, 3.8) is 0 Å². The molecule has 31 heavy (non-hydrogen) atoms. The Hall–Kier alpha value is -2.12. The molecule has 0 aliphatic carbocycles. The molecule has 0 atom stereocenters. The number of halogens is 5. The standard InChI is InChI=1S/C22H14Cl3F2N3S/c23-17-7-1-13(9-18(17)24)11-21-28-29-22(30(21)16-5-3-15(26)4-6-16)31-12-14-2-8-20(27)19(25)10-14/h1-10H,11-12H2. The van der Waals surface area contributed by atoms with Crippen LogP contribution in [0.25, 0.3) is 5.69 Å². The van der Waals surface area contributed by atoms with E-state index in [-0.39, 0.29) is 10.8 Å². The monoisotopic (exact) mass is 495 g/mol. The molecule has 4 rings (SSSR count). The Morgan fingerprint density at radius 1 is 0.774 bits per heavy atom. The average molecular weight is 497 g/mol. The van der Waals surface area contributed by atoms with Crippen molar-refractivity contribution in [2.45, 2.75) is 17.3 Å². The quantitative estimate of drug-likeness (QED) is 0.261. The Morgan fingerprint density at radius 3 is 2.19 bits per heavy atom. The van der Waals surface area contributed by atoms with Crippen molar-refractivity contribution in [3.8, 4) is 5.69 Å². The maximum absolute atomic E-state index is 13.5. The van der Waals surface area contributed by atoms with Gasteiger partial charge in [-0.2, -0.15) is 0 Å². The first-order valence-corrected chi connectivity index (χ1v) is 11.2. The molecular weight excluding hydrogens is 483 g/mol. The van der Waals surface area contributed by atoms with Crippen LogP contribution in [0.2, 0.25) is 15.1 Å². The highest BCUT2D eigenvalue weighted by atomic mass is 35.5. The normalized spacial score (nSPS) is 11.1. The minimum Gasteiger partial charge on any atom is -0.274 e. The molecule has 1 aromatic heterocycles. The van der Waals surface area contributed by atoms with E-state index >= 15 is 0 Å². The van der Waals surface area contributed by atoms with Crippen LogP contribution in [0.1, 0.15) is 17.0 Å². The van der Waals surface area contributed by atoms with Gasteiger partial charge in [-0.25, -0.2) is 8.78 Å². The largest absolute Gasteiger partial charge is 0.274 e. The van der Waals surface area contributed by atoms with Crippen molar-refractivity contribution in [3.05, 3.63) is 104 Å². The number of aromatic nitrogens is 3. The summed E-state index contributed by atoms with van der Waals surface area (Å²) in [5.74, 6) is 0.364. The summed E-state index contributed by atoms with van der Waals surface area (Å²) in [6, 6.07) is 16.0. The molecule has 4 aromatic rings. The molecule has 158 valence electrons. The van der Waals surface area contributed by atoms with E-state index in [0.29, 0.717) is 33.2 Å². The van der Waals surface area contributed by atoms with E-state index in [1.807, 2.05) is 10.6 Å². The van der Waals surface area contributed by atoms with E-state index in [9.17, 15) is 8.78 Å². The van der Waals surface area contributed by atoms with Crippen molar-refractivity contribution in [2.75, 3.05) is 0 Å². The SMILES string of the molecule is Fc1ccc(-n2c(Cc3ccc(Cl)c(Cl)c3)nnc2SCc2ccc(F)c(Cl)c2)cc1. The Labute approximate surface area is 197 Å². The topological polar surface area (TPSA) is 30.7 Å². The van der Waals surface area contributed by atoms with Gasteiger partial charge in [0.2, 0.25) is 0 Å². The van der Waals surface area contributed by atoms with Gasteiger partial charge in [-0.3, -0.25) is 4.57 Å². The van der Waals surface area contributed by atoms with Crippen LogP contribution in [0.3, 0.4) is 0 Å². The molecule has 3 nitrogen and oxygen atoms in total. The third-order valence-electron chi connectivity index (χ3n) is 4.48. The number of rotatable bonds is 6. The van der Waals surface area contributed by atoms with E-state index in [0.717, 1.165) is 16.8 Å². The molecule has 0 unspecified atom stereocenters. The van der Waals surface area contributed by atoms with Crippen LogP contribution >= 0.6 is 46.6 Å². The van der Waals surface area contributed by atoms with Crippen LogP contribution in [0.5, 0.6) is 0 Å². The summed E-state index contributed by atoms with van der Waals surface area (Å²) in [5, 5.41) is 10.3. The second-order valence-electron chi connectivity index (χ2n) is 6.67. The maximum atomic E-state index is 13.5. The van der Waals surface area contributed by atoms with Crippen LogP contribution in [0, 0.1) is 11.6 Å². The van der Waals surface area contributed by atoms with Crippen molar-refractivity contribution >= 4 is 46.6 Å². The molecule has 0 saturated carbocycles. The van der Waals surface area contributed by atoms with Gasteiger partial charge < -0.3 is 0 Å². The highest BCUT2D eigenvalue weighted by Gasteiger charge is 2.16. The number of nitrogens with zero attached hydrogens (tertiary/aromatic N) is 3. The first-order chi connectivity index (χ1) is 14.9. The second-order valence-corrected chi connectivity index (χ2v) is 8.84. The molecule has 3 aromatic carbocycles. The third-order valence-corrected chi connectivity index (χ3v) is 6.51. The lowest BCUT2D eigenvalue weighted by molar-refractivity contribution is 0.626. The zero-order valence-corrected chi connectivity index (χ0v) is 18.9. The number of hydrogen-bond donors (Lipinski definition) is 0. The van der Waals surface area contributed by atoms with Crippen molar-refractivity contribution in [2.24, 2.45) is 0 Å². The van der Waals surface area contributed by atoms with Crippen LogP contribution in [0.15, 0.2) is 65.8 Å². The molecule has 0 fully saturated rings. The highest BCUT2D eigenvalue weighted by Crippen LogP contribution is 2.29. The van der Waals surface area contributed by atoms with E-state index in [2.05, 4.69) is 10.2 Å². The molecule has 1 heterocycles. The van der Waals surface area contributed by atoms with Gasteiger partial charge in [0.1, 0.15) is 17.5 Å². The second kappa shape index (κ2) is 9.57. The fraction of sp³-hybridized carbons (Fsp3) is 0.0909. The Morgan fingerprint density at radius 2 is 1.48 bits per heavy atom. The van der Waals surface area contributed by atoms with Crippen molar-refractivity contribution in [1.29, 1.82) is 0 Å². The van der Waals surface area contributed by atoms with E-state index < -0.39 is 5.82 Å². The van der Waals surface area contributed by atoms with E-state index in [1.54, 1.807) is 36.4 Å². The minimum atomic E-state index is -0.464. The Balaban J connectivity index is 1.66. The first kappa shape index (κ1) is 22.1. The summed E-state index contributed by atoms with van der Waals surface area (Å²) in [4.78, 5) is 0. The summed E-state index contributed by atoms with van der Waals surface area (Å²) in [6.07, 6.45) is 0.449. The summed E-state index contributed by atoms with van der Waals surface area (Å²) >= 11 is 19.5. The average Bonchev–Trinajstić information content (AvgIpc) is 3.14. The molecule has 0 aliphatic rings. The number of hydrogen-bond acceptors (Lipinski definition) is 3. The minimum absolute atomic E-state index is 0.0680. The summed E-state index contributed by atoms with van der Waals surface area (Å²) < 4.78 is 28.8. The van der Waals surface area contributed by atoms with Crippen LogP contribution in [-0.4, -0.2) is 14.8 Å². The molecule has 0 saturated heterocycles. The van der Waals surface area contributed by atoms with E-state index in [1.165, 1.54) is 30.0 Å². The predicted molar refractivity (Wildman–Crippen MR) is 122 cm³/mol. The molecule has 9 heteroatoms. The molecule has 0 radical (unpaired) electrons. The molecule has 0 aliphatic heterocycles. The van der Waals surface area contributed by atoms with Gasteiger partial charge in [0.25, 0.3) is 0 Å². The van der Waals surface area contributed by atoms with E-state index in [4.69, 9.17) is 34.8 Å². The lowest BCUT2D eigenvalue weighted by Gasteiger charge is -2.11. The fourth-order valence-corrected chi connectivity index (χ4v) is 4.40. The zero-order valence-electron chi connectivity index (χ0n) is 15.8. The number of benzene rings is 3. The van der Waals surface area contributed by atoms with Gasteiger partial charge in [0, 0.05) is 17.9 Å². The van der Waals surface area contributed by atoms with Gasteiger partial charge >= 0.3 is 0 Å². The Bertz CT molecular complexity index is 1230. The summed E-state index contributed by atoms with van der Waals surface area (Å²) in [5.41, 5.74) is 2.48. The molecule has 0 spiro atoms. The number of thioether (sulfide) groups is 1.